The second-order valence-electron chi connectivity index (χ2n) is 4.03. The molecule has 0 saturated heterocycles. The summed E-state index contributed by atoms with van der Waals surface area (Å²) in [5, 5.41) is 0. The number of carbonyl (C=O) groups is 1. The molecule has 94 valence electrons. The minimum absolute atomic E-state index is 0.0210. The summed E-state index contributed by atoms with van der Waals surface area (Å²) in [6, 6.07) is 6.77. The van der Waals surface area contributed by atoms with E-state index in [1.165, 1.54) is 6.07 Å². The molecule has 0 aliphatic carbocycles. The van der Waals surface area contributed by atoms with Gasteiger partial charge in [-0.2, -0.15) is 0 Å². The molecule has 2 nitrogen and oxygen atoms in total. The minimum Gasteiger partial charge on any atom is -0.469 e. The van der Waals surface area contributed by atoms with Crippen LogP contribution in [0.15, 0.2) is 41.0 Å². The van der Waals surface area contributed by atoms with Gasteiger partial charge in [0, 0.05) is 25.3 Å². The fraction of sp³-hybridized carbons (Fsp3) is 0.214. The maximum Gasteiger partial charge on any atom is 0.137 e. The number of hydrogen-bond donors (Lipinski definition) is 0. The first-order valence-corrected chi connectivity index (χ1v) is 5.63. The first-order chi connectivity index (χ1) is 8.65. The maximum atomic E-state index is 13.3. The third kappa shape index (κ3) is 3.26. The van der Waals surface area contributed by atoms with E-state index in [0.29, 0.717) is 6.42 Å². The molecular formula is C14H12F2O2. The molecule has 0 radical (unpaired) electrons. The Hall–Kier alpha value is -1.97. The highest BCUT2D eigenvalue weighted by Gasteiger charge is 2.10. The molecule has 0 N–H and O–H groups in total. The second-order valence-corrected chi connectivity index (χ2v) is 4.03. The van der Waals surface area contributed by atoms with Gasteiger partial charge in [0.25, 0.3) is 0 Å². The van der Waals surface area contributed by atoms with Crippen molar-refractivity contribution in [1.82, 2.24) is 0 Å². The van der Waals surface area contributed by atoms with Crippen LogP contribution in [0.1, 0.15) is 17.7 Å². The van der Waals surface area contributed by atoms with Crippen LogP contribution in [0.5, 0.6) is 0 Å². The van der Waals surface area contributed by atoms with E-state index in [9.17, 15) is 13.6 Å². The Balaban J connectivity index is 1.91. The highest BCUT2D eigenvalue weighted by Crippen LogP contribution is 2.12. The molecule has 0 aliphatic heterocycles. The van der Waals surface area contributed by atoms with E-state index in [-0.39, 0.29) is 24.2 Å². The predicted octanol–water partition coefficient (Wildman–Crippen LogP) is 3.30. The number of halogens is 2. The molecule has 1 aromatic carbocycles. The number of benzene rings is 1. The van der Waals surface area contributed by atoms with Gasteiger partial charge in [-0.1, -0.05) is 6.07 Å². The highest BCUT2D eigenvalue weighted by molar-refractivity contribution is 5.81. The lowest BCUT2D eigenvalue weighted by molar-refractivity contribution is -0.118. The largest absolute Gasteiger partial charge is 0.469 e. The lowest BCUT2D eigenvalue weighted by Crippen LogP contribution is -2.06. The van der Waals surface area contributed by atoms with Crippen molar-refractivity contribution in [2.45, 2.75) is 19.3 Å². The van der Waals surface area contributed by atoms with Crippen LogP contribution in [0.25, 0.3) is 0 Å². The number of rotatable bonds is 5. The molecule has 0 bridgehead atoms. The Morgan fingerprint density at radius 1 is 1.22 bits per heavy atom. The van der Waals surface area contributed by atoms with E-state index in [1.807, 2.05) is 0 Å². The van der Waals surface area contributed by atoms with Crippen molar-refractivity contribution < 1.29 is 18.0 Å². The summed E-state index contributed by atoms with van der Waals surface area (Å²) < 4.78 is 31.1. The van der Waals surface area contributed by atoms with Crippen LogP contribution in [0.3, 0.4) is 0 Å². The summed E-state index contributed by atoms with van der Waals surface area (Å²) in [7, 11) is 0. The van der Waals surface area contributed by atoms with Gasteiger partial charge >= 0.3 is 0 Å². The summed E-state index contributed by atoms with van der Waals surface area (Å²) in [4.78, 5) is 11.6. The monoisotopic (exact) mass is 250 g/mol. The second kappa shape index (κ2) is 5.58. The van der Waals surface area contributed by atoms with E-state index >= 15 is 0 Å². The van der Waals surface area contributed by atoms with E-state index < -0.39 is 11.6 Å². The number of Topliss-reactive ketones (excluding diaryl/α,β-unsaturated/α-hetero) is 1. The normalized spacial score (nSPS) is 10.6. The van der Waals surface area contributed by atoms with Crippen LogP contribution in [0, 0.1) is 11.6 Å². The van der Waals surface area contributed by atoms with Gasteiger partial charge in [-0.05, 0) is 23.8 Å². The average Bonchev–Trinajstić information content (AvgIpc) is 2.83. The fourth-order valence-electron chi connectivity index (χ4n) is 1.68. The molecule has 0 fully saturated rings. The molecule has 0 amide bonds. The zero-order valence-corrected chi connectivity index (χ0v) is 9.66. The summed E-state index contributed by atoms with van der Waals surface area (Å²) >= 11 is 0. The molecule has 18 heavy (non-hydrogen) atoms. The minimum atomic E-state index is -0.679. The number of hydrogen-bond acceptors (Lipinski definition) is 2. The van der Waals surface area contributed by atoms with Crippen LogP contribution in [0.2, 0.25) is 0 Å². The van der Waals surface area contributed by atoms with Crippen molar-refractivity contribution in [2.24, 2.45) is 0 Å². The van der Waals surface area contributed by atoms with E-state index in [1.54, 1.807) is 18.4 Å². The zero-order valence-electron chi connectivity index (χ0n) is 9.66. The Morgan fingerprint density at radius 3 is 2.72 bits per heavy atom. The van der Waals surface area contributed by atoms with Crippen LogP contribution < -0.4 is 0 Å². The molecule has 0 aliphatic rings. The van der Waals surface area contributed by atoms with Crippen molar-refractivity contribution in [1.29, 1.82) is 0 Å². The summed E-state index contributed by atoms with van der Waals surface area (Å²) in [5.74, 6) is -0.694. The predicted molar refractivity (Wildman–Crippen MR) is 62.1 cm³/mol. The van der Waals surface area contributed by atoms with Crippen molar-refractivity contribution in [3.63, 3.8) is 0 Å². The maximum absolute atomic E-state index is 13.3. The van der Waals surface area contributed by atoms with Crippen molar-refractivity contribution in [2.75, 3.05) is 0 Å². The number of furan rings is 1. The van der Waals surface area contributed by atoms with Gasteiger partial charge in [0.05, 0.1) is 6.26 Å². The van der Waals surface area contributed by atoms with Gasteiger partial charge in [0.2, 0.25) is 0 Å². The SMILES string of the molecule is O=C(CCc1ccco1)Cc1ccc(F)cc1F. The van der Waals surface area contributed by atoms with Crippen LogP contribution >= 0.6 is 0 Å². The third-order valence-electron chi connectivity index (χ3n) is 2.63. The lowest BCUT2D eigenvalue weighted by Gasteiger charge is -2.02. The number of ketones is 1. The quantitative estimate of drug-likeness (QED) is 0.815. The number of aryl methyl sites for hydroxylation is 1. The molecule has 0 spiro atoms. The molecule has 1 heterocycles. The van der Waals surface area contributed by atoms with Crippen molar-refractivity contribution in [3.05, 3.63) is 59.6 Å². The number of carbonyl (C=O) groups excluding carboxylic acids is 1. The van der Waals surface area contributed by atoms with Gasteiger partial charge in [-0.15, -0.1) is 0 Å². The van der Waals surface area contributed by atoms with E-state index in [2.05, 4.69) is 0 Å². The molecule has 4 heteroatoms. The standard InChI is InChI=1S/C14H12F2O2/c15-11-4-3-10(14(16)9-11)8-12(17)5-6-13-2-1-7-18-13/h1-4,7,9H,5-6,8H2. The molecular weight excluding hydrogens is 238 g/mol. The van der Waals surface area contributed by atoms with Crippen molar-refractivity contribution in [3.8, 4) is 0 Å². The molecule has 2 rings (SSSR count). The Bertz CT molecular complexity index is 533. The van der Waals surface area contributed by atoms with Gasteiger partial charge in [-0.3, -0.25) is 4.79 Å². The zero-order chi connectivity index (χ0) is 13.0. The Kier molecular flexibility index (Phi) is 3.87. The topological polar surface area (TPSA) is 30.2 Å². The first kappa shape index (κ1) is 12.5. The molecule has 2 aromatic rings. The van der Waals surface area contributed by atoms with Gasteiger partial charge in [0.1, 0.15) is 23.2 Å². The lowest BCUT2D eigenvalue weighted by atomic mass is 10.0. The van der Waals surface area contributed by atoms with Crippen LogP contribution in [0.4, 0.5) is 8.78 Å². The summed E-state index contributed by atoms with van der Waals surface area (Å²) in [6.07, 6.45) is 2.30. The third-order valence-corrected chi connectivity index (χ3v) is 2.63. The van der Waals surface area contributed by atoms with Gasteiger partial charge in [-0.25, -0.2) is 8.78 Å². The Labute approximate surface area is 103 Å². The van der Waals surface area contributed by atoms with Gasteiger partial charge in [0.15, 0.2) is 0 Å². The summed E-state index contributed by atoms with van der Waals surface area (Å²) in [6.45, 7) is 0. The highest BCUT2D eigenvalue weighted by atomic mass is 19.1. The van der Waals surface area contributed by atoms with E-state index in [0.717, 1.165) is 17.9 Å². The average molecular weight is 250 g/mol. The van der Waals surface area contributed by atoms with Gasteiger partial charge < -0.3 is 4.42 Å². The first-order valence-electron chi connectivity index (χ1n) is 5.63. The molecule has 0 unspecified atom stereocenters. The molecule has 1 aromatic heterocycles. The molecule has 0 saturated carbocycles. The fourth-order valence-corrected chi connectivity index (χ4v) is 1.68. The Morgan fingerprint density at radius 2 is 2.06 bits per heavy atom. The summed E-state index contributed by atoms with van der Waals surface area (Å²) in [5.41, 5.74) is 0.223. The van der Waals surface area contributed by atoms with E-state index in [4.69, 9.17) is 4.42 Å². The van der Waals surface area contributed by atoms with Crippen LogP contribution in [-0.4, -0.2) is 5.78 Å². The van der Waals surface area contributed by atoms with Crippen LogP contribution in [-0.2, 0) is 17.6 Å². The molecule has 0 atom stereocenters. The van der Waals surface area contributed by atoms with Crippen molar-refractivity contribution >= 4 is 5.78 Å². The smallest absolute Gasteiger partial charge is 0.137 e.